The minimum atomic E-state index is 0.0426. The zero-order chi connectivity index (χ0) is 19.0. The van der Waals surface area contributed by atoms with Crippen LogP contribution in [0.4, 0.5) is 0 Å². The fraction of sp³-hybridized carbons (Fsp3) is 0.318. The molecule has 1 fully saturated rings. The summed E-state index contributed by atoms with van der Waals surface area (Å²) in [7, 11) is 3.75. The number of likely N-dealkylation sites (N-methyl/N-ethyl adjacent to an activating group) is 1. The van der Waals surface area contributed by atoms with Gasteiger partial charge < -0.3 is 19.0 Å². The van der Waals surface area contributed by atoms with E-state index in [1.165, 1.54) is 0 Å². The van der Waals surface area contributed by atoms with Gasteiger partial charge in [-0.15, -0.1) is 0 Å². The van der Waals surface area contributed by atoms with Crippen molar-refractivity contribution in [2.75, 3.05) is 40.3 Å². The quantitative estimate of drug-likeness (QED) is 0.709. The van der Waals surface area contributed by atoms with Crippen molar-refractivity contribution in [1.82, 2.24) is 9.80 Å². The van der Waals surface area contributed by atoms with Gasteiger partial charge in [0.2, 0.25) is 0 Å². The van der Waals surface area contributed by atoms with Crippen LogP contribution in [0.25, 0.3) is 22.1 Å². The molecule has 140 valence electrons. The highest BCUT2D eigenvalue weighted by Gasteiger charge is 2.24. The summed E-state index contributed by atoms with van der Waals surface area (Å²) >= 11 is 0. The first kappa shape index (κ1) is 17.6. The van der Waals surface area contributed by atoms with Gasteiger partial charge in [-0.3, -0.25) is 4.79 Å². The molecular formula is C22H24N2O3. The summed E-state index contributed by atoms with van der Waals surface area (Å²) < 4.78 is 11.2. The van der Waals surface area contributed by atoms with E-state index in [-0.39, 0.29) is 5.91 Å². The lowest BCUT2D eigenvalue weighted by Crippen LogP contribution is -2.47. The van der Waals surface area contributed by atoms with Crippen LogP contribution in [-0.4, -0.2) is 56.0 Å². The summed E-state index contributed by atoms with van der Waals surface area (Å²) in [5, 5.41) is 0.961. The number of carbonyl (C=O) groups excluding carboxylic acids is 1. The molecule has 1 aromatic heterocycles. The minimum absolute atomic E-state index is 0.0426. The van der Waals surface area contributed by atoms with Gasteiger partial charge in [0.15, 0.2) is 0 Å². The number of rotatable bonds is 3. The average Bonchev–Trinajstić information content (AvgIpc) is 3.12. The van der Waals surface area contributed by atoms with Gasteiger partial charge in [-0.1, -0.05) is 18.2 Å². The van der Waals surface area contributed by atoms with Gasteiger partial charge in [-0.05, 0) is 43.3 Å². The van der Waals surface area contributed by atoms with Crippen LogP contribution < -0.4 is 4.74 Å². The molecule has 1 saturated heterocycles. The Kier molecular flexibility index (Phi) is 4.62. The molecule has 2 aromatic carbocycles. The van der Waals surface area contributed by atoms with E-state index in [0.717, 1.165) is 54.0 Å². The Balaban J connectivity index is 1.73. The van der Waals surface area contributed by atoms with Crippen LogP contribution in [0.5, 0.6) is 5.75 Å². The van der Waals surface area contributed by atoms with Crippen molar-refractivity contribution >= 4 is 16.9 Å². The third-order valence-electron chi connectivity index (χ3n) is 5.34. The number of ether oxygens (including phenoxy) is 1. The first-order valence-electron chi connectivity index (χ1n) is 9.21. The number of carbonyl (C=O) groups is 1. The van der Waals surface area contributed by atoms with Crippen molar-refractivity contribution in [3.63, 3.8) is 0 Å². The number of furan rings is 1. The van der Waals surface area contributed by atoms with E-state index >= 15 is 0 Å². The Bertz CT molecular complexity index is 984. The van der Waals surface area contributed by atoms with E-state index in [9.17, 15) is 4.79 Å². The molecule has 2 heterocycles. The minimum Gasteiger partial charge on any atom is -0.497 e. The second kappa shape index (κ2) is 7.08. The number of piperazine rings is 1. The smallest absolute Gasteiger partial charge is 0.257 e. The molecule has 0 saturated carbocycles. The zero-order valence-electron chi connectivity index (χ0n) is 16.0. The number of hydrogen-bond donors (Lipinski definition) is 0. The number of benzene rings is 2. The Labute approximate surface area is 159 Å². The molecule has 1 aliphatic heterocycles. The number of amides is 1. The van der Waals surface area contributed by atoms with Crippen molar-refractivity contribution in [3.05, 3.63) is 53.8 Å². The Morgan fingerprint density at radius 1 is 1.07 bits per heavy atom. The summed E-state index contributed by atoms with van der Waals surface area (Å²) in [4.78, 5) is 17.2. The van der Waals surface area contributed by atoms with Gasteiger partial charge in [0.1, 0.15) is 11.3 Å². The lowest BCUT2D eigenvalue weighted by Gasteiger charge is -2.32. The molecule has 0 unspecified atom stereocenters. The SMILES string of the molecule is COc1ccc(-c2coc3c(C(=O)N4CCN(C)CC4)cccc23)c(C)c1. The van der Waals surface area contributed by atoms with Crippen LogP contribution in [0.15, 0.2) is 47.1 Å². The summed E-state index contributed by atoms with van der Waals surface area (Å²) in [6.07, 6.45) is 1.75. The molecule has 0 bridgehead atoms. The topological polar surface area (TPSA) is 45.9 Å². The highest BCUT2D eigenvalue weighted by atomic mass is 16.5. The predicted molar refractivity (Wildman–Crippen MR) is 106 cm³/mol. The van der Waals surface area contributed by atoms with E-state index < -0.39 is 0 Å². The highest BCUT2D eigenvalue weighted by molar-refractivity contribution is 6.08. The Hall–Kier alpha value is -2.79. The first-order valence-corrected chi connectivity index (χ1v) is 9.21. The molecule has 0 spiro atoms. The van der Waals surface area contributed by atoms with Crippen molar-refractivity contribution < 1.29 is 13.9 Å². The third-order valence-corrected chi connectivity index (χ3v) is 5.34. The maximum atomic E-state index is 13.0. The van der Waals surface area contributed by atoms with Crippen LogP contribution in [0, 0.1) is 6.92 Å². The van der Waals surface area contributed by atoms with Crippen molar-refractivity contribution in [2.45, 2.75) is 6.92 Å². The maximum Gasteiger partial charge on any atom is 0.257 e. The Morgan fingerprint density at radius 3 is 2.56 bits per heavy atom. The molecule has 5 nitrogen and oxygen atoms in total. The molecule has 5 heteroatoms. The second-order valence-electron chi connectivity index (χ2n) is 7.11. The third kappa shape index (κ3) is 3.19. The number of hydrogen-bond acceptors (Lipinski definition) is 4. The summed E-state index contributed by atoms with van der Waals surface area (Å²) in [6, 6.07) is 11.8. The van der Waals surface area contributed by atoms with E-state index in [2.05, 4.69) is 18.9 Å². The van der Waals surface area contributed by atoms with Gasteiger partial charge in [0.05, 0.1) is 18.9 Å². The van der Waals surface area contributed by atoms with Gasteiger partial charge in [-0.25, -0.2) is 0 Å². The maximum absolute atomic E-state index is 13.0. The van der Waals surface area contributed by atoms with Crippen LogP contribution in [0.3, 0.4) is 0 Å². The van der Waals surface area contributed by atoms with Crippen LogP contribution >= 0.6 is 0 Å². The van der Waals surface area contributed by atoms with Gasteiger partial charge in [0, 0.05) is 37.1 Å². The molecular weight excluding hydrogens is 340 g/mol. The summed E-state index contributed by atoms with van der Waals surface area (Å²) in [6.45, 7) is 5.34. The normalized spacial score (nSPS) is 15.3. The van der Waals surface area contributed by atoms with Crippen molar-refractivity contribution in [2.24, 2.45) is 0 Å². The average molecular weight is 364 g/mol. The lowest BCUT2D eigenvalue weighted by molar-refractivity contribution is 0.0665. The molecule has 3 aromatic rings. The van der Waals surface area contributed by atoms with Crippen molar-refractivity contribution in [1.29, 1.82) is 0 Å². The number of fused-ring (bicyclic) bond motifs is 1. The number of para-hydroxylation sites is 1. The molecule has 1 amide bonds. The van der Waals surface area contributed by atoms with Gasteiger partial charge >= 0.3 is 0 Å². The number of methoxy groups -OCH3 is 1. The summed E-state index contributed by atoms with van der Waals surface area (Å²) in [5.74, 6) is 0.871. The largest absolute Gasteiger partial charge is 0.497 e. The highest BCUT2D eigenvalue weighted by Crippen LogP contribution is 2.35. The standard InChI is InChI=1S/C22H24N2O3/c1-15-13-16(26-3)7-8-17(15)20-14-27-21-18(20)5-4-6-19(21)22(25)24-11-9-23(2)10-12-24/h4-8,13-14H,9-12H2,1-3H3. The first-order chi connectivity index (χ1) is 13.1. The van der Waals surface area contributed by atoms with Gasteiger partial charge in [0.25, 0.3) is 5.91 Å². The second-order valence-corrected chi connectivity index (χ2v) is 7.11. The van der Waals surface area contributed by atoms with E-state index in [0.29, 0.717) is 11.1 Å². The van der Waals surface area contributed by atoms with Crippen LogP contribution in [0.2, 0.25) is 0 Å². The van der Waals surface area contributed by atoms with E-state index in [1.54, 1.807) is 13.4 Å². The fourth-order valence-electron chi connectivity index (χ4n) is 3.68. The predicted octanol–water partition coefficient (Wildman–Crippen LogP) is 3.80. The van der Waals surface area contributed by atoms with Crippen molar-refractivity contribution in [3.8, 4) is 16.9 Å². The van der Waals surface area contributed by atoms with E-state index in [1.807, 2.05) is 41.3 Å². The molecule has 0 atom stereocenters. The molecule has 4 rings (SSSR count). The molecule has 27 heavy (non-hydrogen) atoms. The zero-order valence-corrected chi connectivity index (χ0v) is 16.0. The number of nitrogens with zero attached hydrogens (tertiary/aromatic N) is 2. The van der Waals surface area contributed by atoms with Crippen LogP contribution in [0.1, 0.15) is 15.9 Å². The Morgan fingerprint density at radius 2 is 1.85 bits per heavy atom. The monoisotopic (exact) mass is 364 g/mol. The molecule has 1 aliphatic rings. The van der Waals surface area contributed by atoms with Gasteiger partial charge in [-0.2, -0.15) is 0 Å². The lowest BCUT2D eigenvalue weighted by atomic mass is 9.98. The van der Waals surface area contributed by atoms with E-state index in [4.69, 9.17) is 9.15 Å². The van der Waals surface area contributed by atoms with Crippen LogP contribution in [-0.2, 0) is 0 Å². The molecule has 0 radical (unpaired) electrons. The summed E-state index contributed by atoms with van der Waals surface area (Å²) in [5.41, 5.74) is 4.48. The molecule has 0 aliphatic carbocycles. The molecule has 0 N–H and O–H groups in total. The fourth-order valence-corrected chi connectivity index (χ4v) is 3.68. The number of aryl methyl sites for hydroxylation is 1.